The molecule has 3 heteroatoms. The molecule has 1 rings (SSSR count). The van der Waals surface area contributed by atoms with Crippen LogP contribution in [0.15, 0.2) is 18.2 Å². The number of nitrogens with zero attached hydrogens (tertiary/aromatic N) is 1. The van der Waals surface area contributed by atoms with Crippen LogP contribution in [0.3, 0.4) is 0 Å². The maximum absolute atomic E-state index is 9.32. The van der Waals surface area contributed by atoms with Gasteiger partial charge in [0.25, 0.3) is 0 Å². The van der Waals surface area contributed by atoms with Gasteiger partial charge < -0.3 is 10.2 Å². The summed E-state index contributed by atoms with van der Waals surface area (Å²) in [6.07, 6.45) is -0.312. The molecule has 2 N–H and O–H groups in total. The summed E-state index contributed by atoms with van der Waals surface area (Å²) in [5.41, 5.74) is 1.84. The standard InChI is InChI=1S/C12H19NO2/c1-12(2,3)11-6-4-5-9(13-11)7-10(15)8-14/h4-6,10,14-15H,7-8H2,1-3H3. The molecule has 0 aliphatic carbocycles. The Balaban J connectivity index is 2.84. The number of hydrogen-bond acceptors (Lipinski definition) is 3. The number of aliphatic hydroxyl groups excluding tert-OH is 2. The number of aromatic nitrogens is 1. The van der Waals surface area contributed by atoms with Crippen LogP contribution in [0.2, 0.25) is 0 Å². The Labute approximate surface area is 90.8 Å². The zero-order chi connectivity index (χ0) is 11.5. The molecule has 0 aromatic carbocycles. The molecule has 1 heterocycles. The van der Waals surface area contributed by atoms with E-state index in [1.165, 1.54) is 0 Å². The van der Waals surface area contributed by atoms with Gasteiger partial charge in [-0.2, -0.15) is 0 Å². The molecule has 0 aliphatic rings. The average molecular weight is 209 g/mol. The van der Waals surface area contributed by atoms with Crippen molar-refractivity contribution in [2.24, 2.45) is 0 Å². The first-order valence-electron chi connectivity index (χ1n) is 5.19. The maximum atomic E-state index is 9.32. The molecule has 1 atom stereocenters. The Morgan fingerprint density at radius 3 is 2.53 bits per heavy atom. The van der Waals surface area contributed by atoms with Gasteiger partial charge in [0.1, 0.15) is 0 Å². The molecule has 84 valence electrons. The normalized spacial score (nSPS) is 13.9. The Morgan fingerprint density at radius 2 is 2.00 bits per heavy atom. The van der Waals surface area contributed by atoms with Crippen molar-refractivity contribution in [3.63, 3.8) is 0 Å². The second kappa shape index (κ2) is 4.73. The monoisotopic (exact) mass is 209 g/mol. The maximum Gasteiger partial charge on any atom is 0.0826 e. The van der Waals surface area contributed by atoms with Crippen LogP contribution in [0, 0.1) is 0 Å². The van der Waals surface area contributed by atoms with Crippen LogP contribution >= 0.6 is 0 Å². The first-order chi connectivity index (χ1) is 6.93. The van der Waals surface area contributed by atoms with Gasteiger partial charge in [0.2, 0.25) is 0 Å². The van der Waals surface area contributed by atoms with E-state index in [9.17, 15) is 5.11 Å². The van der Waals surface area contributed by atoms with Crippen LogP contribution in [0.5, 0.6) is 0 Å². The average Bonchev–Trinajstić information content (AvgIpc) is 2.17. The molecule has 0 aliphatic heterocycles. The van der Waals surface area contributed by atoms with E-state index in [-0.39, 0.29) is 12.0 Å². The van der Waals surface area contributed by atoms with Crippen molar-refractivity contribution in [2.75, 3.05) is 6.61 Å². The van der Waals surface area contributed by atoms with Gasteiger partial charge in [0.15, 0.2) is 0 Å². The summed E-state index contributed by atoms with van der Waals surface area (Å²) >= 11 is 0. The van der Waals surface area contributed by atoms with Gasteiger partial charge in [-0.3, -0.25) is 4.98 Å². The fourth-order valence-electron chi connectivity index (χ4n) is 1.32. The van der Waals surface area contributed by atoms with Gasteiger partial charge in [-0.15, -0.1) is 0 Å². The van der Waals surface area contributed by atoms with Gasteiger partial charge in [-0.05, 0) is 12.1 Å². The topological polar surface area (TPSA) is 53.4 Å². The van der Waals surface area contributed by atoms with Crippen LogP contribution < -0.4 is 0 Å². The molecular weight excluding hydrogens is 190 g/mol. The lowest BCUT2D eigenvalue weighted by atomic mass is 9.91. The Bertz CT molecular complexity index is 318. The minimum Gasteiger partial charge on any atom is -0.394 e. The predicted octanol–water partition coefficient (Wildman–Crippen LogP) is 1.27. The number of hydrogen-bond donors (Lipinski definition) is 2. The Hall–Kier alpha value is -0.930. The molecule has 0 spiro atoms. The summed E-state index contributed by atoms with van der Waals surface area (Å²) in [6, 6.07) is 5.79. The van der Waals surface area contributed by atoms with E-state index < -0.39 is 6.10 Å². The van der Waals surface area contributed by atoms with Crippen LogP contribution in [-0.4, -0.2) is 27.9 Å². The van der Waals surface area contributed by atoms with Crippen LogP contribution in [-0.2, 0) is 11.8 Å². The second-order valence-corrected chi connectivity index (χ2v) is 4.80. The zero-order valence-corrected chi connectivity index (χ0v) is 9.57. The smallest absolute Gasteiger partial charge is 0.0826 e. The molecule has 0 saturated heterocycles. The summed E-state index contributed by atoms with van der Waals surface area (Å²) in [4.78, 5) is 4.46. The van der Waals surface area contributed by atoms with Gasteiger partial charge in [0, 0.05) is 23.2 Å². The van der Waals surface area contributed by atoms with Crippen molar-refractivity contribution < 1.29 is 10.2 Å². The SMILES string of the molecule is CC(C)(C)c1cccc(CC(O)CO)n1. The van der Waals surface area contributed by atoms with E-state index in [0.717, 1.165) is 11.4 Å². The molecule has 0 radical (unpaired) electrons. The van der Waals surface area contributed by atoms with Crippen LogP contribution in [0.4, 0.5) is 0 Å². The van der Waals surface area contributed by atoms with Crippen LogP contribution in [0.1, 0.15) is 32.2 Å². The molecule has 0 bridgehead atoms. The zero-order valence-electron chi connectivity index (χ0n) is 9.57. The minimum atomic E-state index is -0.715. The summed E-state index contributed by atoms with van der Waals surface area (Å²) in [6.45, 7) is 6.08. The van der Waals surface area contributed by atoms with E-state index >= 15 is 0 Å². The van der Waals surface area contributed by atoms with E-state index in [2.05, 4.69) is 25.8 Å². The molecule has 0 amide bonds. The highest BCUT2D eigenvalue weighted by atomic mass is 16.3. The number of rotatable bonds is 3. The summed E-state index contributed by atoms with van der Waals surface area (Å²) in [5.74, 6) is 0. The molecule has 3 nitrogen and oxygen atoms in total. The first-order valence-corrected chi connectivity index (χ1v) is 5.19. The van der Waals surface area contributed by atoms with E-state index in [4.69, 9.17) is 5.11 Å². The summed E-state index contributed by atoms with van der Waals surface area (Å²) < 4.78 is 0. The third kappa shape index (κ3) is 3.61. The van der Waals surface area contributed by atoms with Crippen molar-refractivity contribution in [1.82, 2.24) is 4.98 Å². The van der Waals surface area contributed by atoms with Gasteiger partial charge in [0.05, 0.1) is 12.7 Å². The lowest BCUT2D eigenvalue weighted by molar-refractivity contribution is 0.0946. The minimum absolute atomic E-state index is 0.0141. The van der Waals surface area contributed by atoms with Crippen molar-refractivity contribution >= 4 is 0 Å². The fraction of sp³-hybridized carbons (Fsp3) is 0.583. The molecule has 1 unspecified atom stereocenters. The quantitative estimate of drug-likeness (QED) is 0.788. The van der Waals surface area contributed by atoms with E-state index in [0.29, 0.717) is 6.42 Å². The molecule has 1 aromatic rings. The molecule has 0 fully saturated rings. The molecular formula is C12H19NO2. The Morgan fingerprint density at radius 1 is 1.33 bits per heavy atom. The van der Waals surface area contributed by atoms with Crippen molar-refractivity contribution in [3.05, 3.63) is 29.6 Å². The van der Waals surface area contributed by atoms with Crippen LogP contribution in [0.25, 0.3) is 0 Å². The van der Waals surface area contributed by atoms with Crippen molar-refractivity contribution in [2.45, 2.75) is 38.7 Å². The third-order valence-electron chi connectivity index (χ3n) is 2.23. The highest BCUT2D eigenvalue weighted by molar-refractivity contribution is 5.17. The Kier molecular flexibility index (Phi) is 3.83. The van der Waals surface area contributed by atoms with Crippen molar-refractivity contribution in [3.8, 4) is 0 Å². The molecule has 1 aromatic heterocycles. The van der Waals surface area contributed by atoms with Gasteiger partial charge in [-0.25, -0.2) is 0 Å². The third-order valence-corrected chi connectivity index (χ3v) is 2.23. The number of pyridine rings is 1. The second-order valence-electron chi connectivity index (χ2n) is 4.80. The van der Waals surface area contributed by atoms with Crippen molar-refractivity contribution in [1.29, 1.82) is 0 Å². The lowest BCUT2D eigenvalue weighted by Crippen LogP contribution is -2.18. The van der Waals surface area contributed by atoms with E-state index in [1.807, 2.05) is 18.2 Å². The molecule has 0 saturated carbocycles. The highest BCUT2D eigenvalue weighted by Crippen LogP contribution is 2.20. The first kappa shape index (κ1) is 12.1. The lowest BCUT2D eigenvalue weighted by Gasteiger charge is -2.18. The summed E-state index contributed by atoms with van der Waals surface area (Å²) in [5, 5.41) is 18.1. The molecule has 15 heavy (non-hydrogen) atoms. The largest absolute Gasteiger partial charge is 0.394 e. The van der Waals surface area contributed by atoms with Gasteiger partial charge >= 0.3 is 0 Å². The predicted molar refractivity (Wildman–Crippen MR) is 59.7 cm³/mol. The number of aliphatic hydroxyl groups is 2. The highest BCUT2D eigenvalue weighted by Gasteiger charge is 2.15. The fourth-order valence-corrected chi connectivity index (χ4v) is 1.32. The van der Waals surface area contributed by atoms with E-state index in [1.54, 1.807) is 0 Å². The van der Waals surface area contributed by atoms with Gasteiger partial charge in [-0.1, -0.05) is 26.8 Å². The summed E-state index contributed by atoms with van der Waals surface area (Å²) in [7, 11) is 0.